The molecule has 0 saturated carbocycles. The average molecular weight is 283 g/mol. The zero-order valence-electron chi connectivity index (χ0n) is 10.9. The molecule has 0 saturated heterocycles. The monoisotopic (exact) mass is 283 g/mol. The Morgan fingerprint density at radius 3 is 2.45 bits per heavy atom. The summed E-state index contributed by atoms with van der Waals surface area (Å²) in [4.78, 5) is 0.753. The van der Waals surface area contributed by atoms with Crippen molar-refractivity contribution in [1.82, 2.24) is 5.16 Å². The first kappa shape index (κ1) is 12.8. The van der Waals surface area contributed by atoms with Crippen molar-refractivity contribution in [3.8, 4) is 22.6 Å². The van der Waals surface area contributed by atoms with Crippen LogP contribution in [0, 0.1) is 0 Å². The highest BCUT2D eigenvalue weighted by Gasteiger charge is 2.13. The van der Waals surface area contributed by atoms with E-state index in [0.717, 1.165) is 21.7 Å². The van der Waals surface area contributed by atoms with Gasteiger partial charge in [-0.3, -0.25) is 4.21 Å². The zero-order chi connectivity index (χ0) is 13.9. The highest BCUT2D eigenvalue weighted by Crippen LogP contribution is 2.29. The SMILES string of the molecule is CS(=O)c1ccccc1-c1cc(-c2ccccc2)no1. The van der Waals surface area contributed by atoms with Gasteiger partial charge in [-0.15, -0.1) is 0 Å². The van der Waals surface area contributed by atoms with Gasteiger partial charge in [0.2, 0.25) is 0 Å². The molecule has 2 aromatic carbocycles. The Hall–Kier alpha value is -2.20. The molecule has 0 aliphatic rings. The van der Waals surface area contributed by atoms with Crippen LogP contribution in [-0.2, 0) is 10.8 Å². The quantitative estimate of drug-likeness (QED) is 0.735. The molecule has 0 spiro atoms. The lowest BCUT2D eigenvalue weighted by Crippen LogP contribution is -1.90. The second kappa shape index (κ2) is 5.43. The van der Waals surface area contributed by atoms with Gasteiger partial charge < -0.3 is 4.52 Å². The maximum Gasteiger partial charge on any atom is 0.168 e. The fourth-order valence-corrected chi connectivity index (χ4v) is 2.82. The molecule has 100 valence electrons. The van der Waals surface area contributed by atoms with E-state index in [1.54, 1.807) is 6.26 Å². The third kappa shape index (κ3) is 2.42. The first-order valence-electron chi connectivity index (χ1n) is 6.20. The second-order valence-electron chi connectivity index (χ2n) is 4.39. The van der Waals surface area contributed by atoms with Crippen LogP contribution in [0.4, 0.5) is 0 Å². The Bertz CT molecular complexity index is 750. The van der Waals surface area contributed by atoms with Crippen LogP contribution in [-0.4, -0.2) is 15.6 Å². The minimum Gasteiger partial charge on any atom is -0.356 e. The molecule has 1 aromatic heterocycles. The number of rotatable bonds is 3. The Kier molecular flexibility index (Phi) is 3.48. The molecule has 0 amide bonds. The number of hydrogen-bond donors (Lipinski definition) is 0. The normalized spacial score (nSPS) is 12.2. The van der Waals surface area contributed by atoms with Crippen LogP contribution in [0.2, 0.25) is 0 Å². The molecule has 4 heteroatoms. The molecular weight excluding hydrogens is 270 g/mol. The van der Waals surface area contributed by atoms with Crippen LogP contribution < -0.4 is 0 Å². The average Bonchev–Trinajstić information content (AvgIpc) is 2.98. The summed E-state index contributed by atoms with van der Waals surface area (Å²) >= 11 is 0. The molecule has 0 bridgehead atoms. The van der Waals surface area contributed by atoms with Crippen molar-refractivity contribution in [2.75, 3.05) is 6.26 Å². The summed E-state index contributed by atoms with van der Waals surface area (Å²) in [5, 5.41) is 4.09. The summed E-state index contributed by atoms with van der Waals surface area (Å²) in [5.74, 6) is 0.634. The van der Waals surface area contributed by atoms with Crippen LogP contribution in [0.15, 0.2) is 70.1 Å². The fourth-order valence-electron chi connectivity index (χ4n) is 2.07. The third-order valence-corrected chi connectivity index (χ3v) is 4.02. The number of benzene rings is 2. The molecule has 0 aliphatic carbocycles. The van der Waals surface area contributed by atoms with Crippen LogP contribution in [0.5, 0.6) is 0 Å². The molecule has 20 heavy (non-hydrogen) atoms. The predicted molar refractivity (Wildman–Crippen MR) is 79.7 cm³/mol. The van der Waals surface area contributed by atoms with Gasteiger partial charge >= 0.3 is 0 Å². The molecule has 3 rings (SSSR count). The van der Waals surface area contributed by atoms with Gasteiger partial charge in [0.25, 0.3) is 0 Å². The Morgan fingerprint density at radius 1 is 1.00 bits per heavy atom. The minimum absolute atomic E-state index is 0.634. The second-order valence-corrected chi connectivity index (χ2v) is 5.74. The molecule has 1 atom stereocenters. The van der Waals surface area contributed by atoms with E-state index in [4.69, 9.17) is 4.52 Å². The molecule has 0 N–H and O–H groups in total. The predicted octanol–water partition coefficient (Wildman–Crippen LogP) is 3.75. The zero-order valence-corrected chi connectivity index (χ0v) is 11.8. The van der Waals surface area contributed by atoms with Gasteiger partial charge in [-0.25, -0.2) is 0 Å². The van der Waals surface area contributed by atoms with Gasteiger partial charge in [-0.05, 0) is 12.1 Å². The smallest absolute Gasteiger partial charge is 0.168 e. The molecule has 0 radical (unpaired) electrons. The van der Waals surface area contributed by atoms with Gasteiger partial charge in [-0.1, -0.05) is 47.6 Å². The lowest BCUT2D eigenvalue weighted by Gasteiger charge is -2.02. The van der Waals surface area contributed by atoms with Crippen LogP contribution in [0.25, 0.3) is 22.6 Å². The van der Waals surface area contributed by atoms with E-state index >= 15 is 0 Å². The van der Waals surface area contributed by atoms with Gasteiger partial charge in [0.05, 0.1) is 10.8 Å². The van der Waals surface area contributed by atoms with Gasteiger partial charge in [-0.2, -0.15) is 0 Å². The van der Waals surface area contributed by atoms with E-state index in [1.807, 2.05) is 60.7 Å². The van der Waals surface area contributed by atoms with E-state index in [0.29, 0.717) is 5.76 Å². The summed E-state index contributed by atoms with van der Waals surface area (Å²) in [7, 11) is -1.06. The molecular formula is C16H13NO2S. The topological polar surface area (TPSA) is 43.1 Å². The highest BCUT2D eigenvalue weighted by atomic mass is 32.2. The molecule has 3 aromatic rings. The molecule has 0 aliphatic heterocycles. The first-order valence-corrected chi connectivity index (χ1v) is 7.76. The van der Waals surface area contributed by atoms with Crippen LogP contribution in [0.1, 0.15) is 0 Å². The number of nitrogens with zero attached hydrogens (tertiary/aromatic N) is 1. The summed E-state index contributed by atoms with van der Waals surface area (Å²) < 4.78 is 17.2. The molecule has 0 fully saturated rings. The van der Waals surface area contributed by atoms with E-state index in [2.05, 4.69) is 5.16 Å². The van der Waals surface area contributed by atoms with Gasteiger partial charge in [0.1, 0.15) is 5.69 Å². The summed E-state index contributed by atoms with van der Waals surface area (Å²) in [6, 6.07) is 19.2. The van der Waals surface area contributed by atoms with Gasteiger partial charge in [0, 0.05) is 28.3 Å². The highest BCUT2D eigenvalue weighted by molar-refractivity contribution is 7.84. The summed E-state index contributed by atoms with van der Waals surface area (Å²) in [6.45, 7) is 0. The van der Waals surface area contributed by atoms with Crippen molar-refractivity contribution >= 4 is 10.8 Å². The van der Waals surface area contributed by atoms with Crippen molar-refractivity contribution in [2.24, 2.45) is 0 Å². The van der Waals surface area contributed by atoms with E-state index in [9.17, 15) is 4.21 Å². The van der Waals surface area contributed by atoms with Crippen molar-refractivity contribution in [2.45, 2.75) is 4.90 Å². The van der Waals surface area contributed by atoms with Crippen LogP contribution >= 0.6 is 0 Å². The third-order valence-electron chi connectivity index (χ3n) is 3.04. The maximum absolute atomic E-state index is 11.8. The Labute approximate surface area is 119 Å². The molecule has 1 heterocycles. The lowest BCUT2D eigenvalue weighted by atomic mass is 10.1. The van der Waals surface area contributed by atoms with Crippen LogP contribution in [0.3, 0.4) is 0 Å². The molecule has 3 nitrogen and oxygen atoms in total. The lowest BCUT2D eigenvalue weighted by molar-refractivity contribution is 0.434. The minimum atomic E-state index is -1.06. The van der Waals surface area contributed by atoms with E-state index in [1.165, 1.54) is 0 Å². The van der Waals surface area contributed by atoms with Crippen molar-refractivity contribution in [3.05, 3.63) is 60.7 Å². The number of aromatic nitrogens is 1. The Balaban J connectivity index is 2.05. The summed E-state index contributed by atoms with van der Waals surface area (Å²) in [6.07, 6.45) is 1.66. The Morgan fingerprint density at radius 2 is 1.70 bits per heavy atom. The largest absolute Gasteiger partial charge is 0.356 e. The van der Waals surface area contributed by atoms with Crippen molar-refractivity contribution < 1.29 is 8.73 Å². The van der Waals surface area contributed by atoms with Crippen molar-refractivity contribution in [1.29, 1.82) is 0 Å². The van der Waals surface area contributed by atoms with E-state index in [-0.39, 0.29) is 0 Å². The first-order chi connectivity index (χ1) is 9.75. The van der Waals surface area contributed by atoms with E-state index < -0.39 is 10.8 Å². The summed E-state index contributed by atoms with van der Waals surface area (Å²) in [5.41, 5.74) is 2.60. The number of hydrogen-bond acceptors (Lipinski definition) is 3. The fraction of sp³-hybridized carbons (Fsp3) is 0.0625. The van der Waals surface area contributed by atoms with Crippen molar-refractivity contribution in [3.63, 3.8) is 0 Å². The standard InChI is InChI=1S/C16H13NO2S/c1-20(18)16-10-6-5-9-13(16)15-11-14(17-19-15)12-7-3-2-4-8-12/h2-11H,1H3. The van der Waals surface area contributed by atoms with Gasteiger partial charge in [0.15, 0.2) is 5.76 Å². The molecule has 1 unspecified atom stereocenters. The maximum atomic E-state index is 11.8.